The van der Waals surface area contributed by atoms with Gasteiger partial charge in [0.05, 0.1) is 11.6 Å². The van der Waals surface area contributed by atoms with Crippen molar-refractivity contribution in [2.75, 3.05) is 6.26 Å². The van der Waals surface area contributed by atoms with Crippen molar-refractivity contribution >= 4 is 9.84 Å². The molecule has 18 heavy (non-hydrogen) atoms. The zero-order valence-corrected chi connectivity index (χ0v) is 11.7. The third-order valence-corrected chi connectivity index (χ3v) is 5.21. The summed E-state index contributed by atoms with van der Waals surface area (Å²) in [5.41, 5.74) is 0. The fraction of sp³-hybridized carbons (Fsp3) is 0.750. The average Bonchev–Trinajstić information content (AvgIpc) is 2.87. The van der Waals surface area contributed by atoms with E-state index in [4.69, 9.17) is 0 Å². The molecule has 3 unspecified atom stereocenters. The van der Waals surface area contributed by atoms with Gasteiger partial charge in [0.1, 0.15) is 0 Å². The molecule has 0 aliphatic heterocycles. The standard InChI is InChI=1S/C12H21N3O2S/c1-10(8-15-7-6-13-9-15)14-11-4-3-5-12(11)18(2,16)17/h6-7,9-12,14H,3-5,8H2,1-2H3. The molecule has 3 atom stereocenters. The van der Waals surface area contributed by atoms with Gasteiger partial charge in [-0.1, -0.05) is 6.42 Å². The van der Waals surface area contributed by atoms with Crippen molar-refractivity contribution in [1.82, 2.24) is 14.9 Å². The second-order valence-corrected chi connectivity index (χ2v) is 7.50. The molecule has 5 nitrogen and oxygen atoms in total. The van der Waals surface area contributed by atoms with Gasteiger partial charge in [-0.3, -0.25) is 0 Å². The number of sulfone groups is 1. The minimum absolute atomic E-state index is 0.0959. The highest BCUT2D eigenvalue weighted by Gasteiger charge is 2.35. The molecule has 1 aromatic heterocycles. The molecule has 0 amide bonds. The van der Waals surface area contributed by atoms with E-state index >= 15 is 0 Å². The Kier molecular flexibility index (Phi) is 4.07. The summed E-state index contributed by atoms with van der Waals surface area (Å²) in [5.74, 6) is 0. The molecule has 1 aliphatic carbocycles. The van der Waals surface area contributed by atoms with Crippen LogP contribution < -0.4 is 5.32 Å². The smallest absolute Gasteiger partial charge is 0.151 e. The van der Waals surface area contributed by atoms with Crippen molar-refractivity contribution in [1.29, 1.82) is 0 Å². The maximum absolute atomic E-state index is 11.7. The van der Waals surface area contributed by atoms with Crippen LogP contribution in [-0.2, 0) is 16.4 Å². The summed E-state index contributed by atoms with van der Waals surface area (Å²) in [6.07, 6.45) is 9.52. The first-order valence-corrected chi connectivity index (χ1v) is 8.33. The van der Waals surface area contributed by atoms with Gasteiger partial charge in [0.2, 0.25) is 0 Å². The van der Waals surface area contributed by atoms with Gasteiger partial charge in [0.25, 0.3) is 0 Å². The molecule has 1 aromatic rings. The molecule has 0 radical (unpaired) electrons. The number of hydrogen-bond donors (Lipinski definition) is 1. The van der Waals surface area contributed by atoms with Gasteiger partial charge in [-0.05, 0) is 19.8 Å². The molecule has 0 saturated heterocycles. The predicted molar refractivity (Wildman–Crippen MR) is 71.1 cm³/mol. The highest BCUT2D eigenvalue weighted by Crippen LogP contribution is 2.25. The number of hydrogen-bond acceptors (Lipinski definition) is 4. The molecule has 0 spiro atoms. The van der Waals surface area contributed by atoms with E-state index in [1.54, 1.807) is 12.5 Å². The Balaban J connectivity index is 1.92. The molecule has 1 saturated carbocycles. The number of aromatic nitrogens is 2. The van der Waals surface area contributed by atoms with E-state index in [-0.39, 0.29) is 17.3 Å². The van der Waals surface area contributed by atoms with Crippen molar-refractivity contribution < 1.29 is 8.42 Å². The van der Waals surface area contributed by atoms with Gasteiger partial charge in [0, 0.05) is 37.3 Å². The zero-order valence-electron chi connectivity index (χ0n) is 10.9. The van der Waals surface area contributed by atoms with E-state index in [1.807, 2.05) is 10.8 Å². The molecule has 2 rings (SSSR count). The Labute approximate surface area is 109 Å². The molecule has 102 valence electrons. The highest BCUT2D eigenvalue weighted by atomic mass is 32.2. The molecule has 0 bridgehead atoms. The Bertz CT molecular complexity index is 470. The summed E-state index contributed by atoms with van der Waals surface area (Å²) in [6.45, 7) is 2.89. The van der Waals surface area contributed by atoms with Crippen LogP contribution in [-0.4, -0.2) is 41.6 Å². The van der Waals surface area contributed by atoms with Crippen LogP contribution in [0, 0.1) is 0 Å². The largest absolute Gasteiger partial charge is 0.336 e. The summed E-state index contributed by atoms with van der Waals surface area (Å²) >= 11 is 0. The Morgan fingerprint density at radius 2 is 2.28 bits per heavy atom. The second kappa shape index (κ2) is 5.40. The van der Waals surface area contributed by atoms with Crippen LogP contribution in [0.3, 0.4) is 0 Å². The number of nitrogens with one attached hydrogen (secondary N) is 1. The topological polar surface area (TPSA) is 64.0 Å². The van der Waals surface area contributed by atoms with Crippen LogP contribution >= 0.6 is 0 Å². The van der Waals surface area contributed by atoms with E-state index < -0.39 is 9.84 Å². The van der Waals surface area contributed by atoms with Crippen molar-refractivity contribution in [3.63, 3.8) is 0 Å². The van der Waals surface area contributed by atoms with Gasteiger partial charge >= 0.3 is 0 Å². The number of imidazole rings is 1. The minimum atomic E-state index is -2.94. The second-order valence-electron chi connectivity index (χ2n) is 5.23. The Morgan fingerprint density at radius 1 is 1.50 bits per heavy atom. The first-order chi connectivity index (χ1) is 8.47. The molecule has 6 heteroatoms. The van der Waals surface area contributed by atoms with Crippen LogP contribution in [0.1, 0.15) is 26.2 Å². The first kappa shape index (κ1) is 13.5. The SMILES string of the molecule is CC(Cn1ccnc1)NC1CCCC1S(C)(=O)=O. The van der Waals surface area contributed by atoms with Gasteiger partial charge < -0.3 is 9.88 Å². The van der Waals surface area contributed by atoms with Crippen LogP contribution in [0.5, 0.6) is 0 Å². The summed E-state index contributed by atoms with van der Waals surface area (Å²) in [6, 6.07) is 0.338. The number of nitrogens with zero attached hydrogens (tertiary/aromatic N) is 2. The maximum atomic E-state index is 11.7. The third-order valence-electron chi connectivity index (χ3n) is 3.54. The lowest BCUT2D eigenvalue weighted by Crippen LogP contribution is -2.45. The van der Waals surface area contributed by atoms with Crippen LogP contribution in [0.15, 0.2) is 18.7 Å². The van der Waals surface area contributed by atoms with Gasteiger partial charge in [-0.15, -0.1) is 0 Å². The van der Waals surface area contributed by atoms with E-state index in [9.17, 15) is 8.42 Å². The van der Waals surface area contributed by atoms with Crippen LogP contribution in [0.2, 0.25) is 0 Å². The quantitative estimate of drug-likeness (QED) is 0.861. The monoisotopic (exact) mass is 271 g/mol. The fourth-order valence-electron chi connectivity index (χ4n) is 2.76. The summed E-state index contributed by atoms with van der Waals surface area (Å²) < 4.78 is 25.4. The molecule has 1 aliphatic rings. The number of rotatable bonds is 5. The normalized spacial score (nSPS) is 26.3. The highest BCUT2D eigenvalue weighted by molar-refractivity contribution is 7.91. The fourth-order valence-corrected chi connectivity index (χ4v) is 4.16. The van der Waals surface area contributed by atoms with Gasteiger partial charge in [-0.2, -0.15) is 0 Å². The summed E-state index contributed by atoms with van der Waals surface area (Å²) in [4.78, 5) is 4.00. The molecule has 1 heterocycles. The molecule has 1 fully saturated rings. The molecular formula is C12H21N3O2S. The van der Waals surface area contributed by atoms with Gasteiger partial charge in [0.15, 0.2) is 9.84 Å². The minimum Gasteiger partial charge on any atom is -0.336 e. The maximum Gasteiger partial charge on any atom is 0.151 e. The summed E-state index contributed by atoms with van der Waals surface area (Å²) in [5, 5.41) is 3.23. The zero-order chi connectivity index (χ0) is 13.2. The lowest BCUT2D eigenvalue weighted by Gasteiger charge is -2.24. The third kappa shape index (κ3) is 3.32. The Morgan fingerprint density at radius 3 is 2.89 bits per heavy atom. The van der Waals surface area contributed by atoms with Crippen LogP contribution in [0.25, 0.3) is 0 Å². The van der Waals surface area contributed by atoms with E-state index in [2.05, 4.69) is 17.2 Å². The van der Waals surface area contributed by atoms with E-state index in [0.29, 0.717) is 0 Å². The van der Waals surface area contributed by atoms with Crippen molar-refractivity contribution in [2.24, 2.45) is 0 Å². The summed E-state index contributed by atoms with van der Waals surface area (Å²) in [7, 11) is -2.94. The van der Waals surface area contributed by atoms with Crippen molar-refractivity contribution in [3.8, 4) is 0 Å². The molecule has 0 aromatic carbocycles. The van der Waals surface area contributed by atoms with Crippen molar-refractivity contribution in [2.45, 2.75) is 50.1 Å². The lowest BCUT2D eigenvalue weighted by molar-refractivity contribution is 0.409. The van der Waals surface area contributed by atoms with Crippen molar-refractivity contribution in [3.05, 3.63) is 18.7 Å². The van der Waals surface area contributed by atoms with Gasteiger partial charge in [-0.25, -0.2) is 13.4 Å². The molecule has 1 N–H and O–H groups in total. The van der Waals surface area contributed by atoms with E-state index in [1.165, 1.54) is 6.26 Å². The van der Waals surface area contributed by atoms with Crippen LogP contribution in [0.4, 0.5) is 0 Å². The predicted octanol–water partition coefficient (Wildman–Crippen LogP) is 0.827. The molecular weight excluding hydrogens is 250 g/mol. The van der Waals surface area contributed by atoms with E-state index in [0.717, 1.165) is 25.8 Å². The lowest BCUT2D eigenvalue weighted by atomic mass is 10.2. The first-order valence-electron chi connectivity index (χ1n) is 6.37. The Hall–Kier alpha value is -0.880. The average molecular weight is 271 g/mol.